The summed E-state index contributed by atoms with van der Waals surface area (Å²) in [5.74, 6) is -0.124. The van der Waals surface area contributed by atoms with Gasteiger partial charge in [0.25, 0.3) is 0 Å². The molecule has 5 heteroatoms. The molecule has 0 bridgehead atoms. The number of rotatable bonds is 0. The lowest BCUT2D eigenvalue weighted by atomic mass is 10.3. The first-order valence-electron chi connectivity index (χ1n) is 4.62. The highest BCUT2D eigenvalue weighted by Crippen LogP contribution is 2.29. The molecule has 4 nitrogen and oxygen atoms in total. The van der Waals surface area contributed by atoms with Crippen LogP contribution < -0.4 is 4.90 Å². The van der Waals surface area contributed by atoms with Gasteiger partial charge in [-0.2, -0.15) is 0 Å². The molecule has 0 spiro atoms. The van der Waals surface area contributed by atoms with Crippen LogP contribution >= 0.6 is 0 Å². The third kappa shape index (κ3) is 1.63. The number of hydrogen-bond acceptors (Lipinski definition) is 3. The van der Waals surface area contributed by atoms with Crippen molar-refractivity contribution in [2.45, 2.75) is 11.8 Å². The summed E-state index contributed by atoms with van der Waals surface area (Å²) in [5.41, 5.74) is 0.497. The fourth-order valence-corrected chi connectivity index (χ4v) is 3.14. The maximum absolute atomic E-state index is 11.7. The third-order valence-electron chi connectivity index (χ3n) is 2.45. The van der Waals surface area contributed by atoms with Crippen molar-refractivity contribution in [3.8, 4) is 0 Å². The average Bonchev–Trinajstić information content (AvgIpc) is 2.17. The monoisotopic (exact) mass is 225 g/mol. The topological polar surface area (TPSA) is 54.5 Å². The van der Waals surface area contributed by atoms with Crippen molar-refractivity contribution >= 4 is 21.4 Å². The summed E-state index contributed by atoms with van der Waals surface area (Å²) >= 11 is 0. The number of amides is 1. The molecule has 0 aliphatic carbocycles. The van der Waals surface area contributed by atoms with Crippen molar-refractivity contribution < 1.29 is 13.2 Å². The molecule has 0 radical (unpaired) electrons. The average molecular weight is 225 g/mol. The lowest BCUT2D eigenvalue weighted by Gasteiger charge is -2.27. The van der Waals surface area contributed by atoms with Crippen LogP contribution in [0, 0.1) is 0 Å². The highest BCUT2D eigenvalue weighted by atomic mass is 32.2. The van der Waals surface area contributed by atoms with Gasteiger partial charge in [-0.25, -0.2) is 8.42 Å². The molecular weight excluding hydrogens is 214 g/mol. The summed E-state index contributed by atoms with van der Waals surface area (Å²) in [7, 11) is -3.20. The minimum Gasteiger partial charge on any atom is -0.310 e. The van der Waals surface area contributed by atoms with Gasteiger partial charge in [0, 0.05) is 13.5 Å². The molecule has 0 saturated heterocycles. The molecule has 1 amide bonds. The van der Waals surface area contributed by atoms with Gasteiger partial charge >= 0.3 is 0 Å². The first-order valence-corrected chi connectivity index (χ1v) is 6.27. The normalized spacial score (nSPS) is 18.3. The van der Waals surface area contributed by atoms with E-state index in [-0.39, 0.29) is 23.1 Å². The first kappa shape index (κ1) is 10.2. The largest absolute Gasteiger partial charge is 0.310 e. The van der Waals surface area contributed by atoms with Gasteiger partial charge in [0.15, 0.2) is 9.84 Å². The van der Waals surface area contributed by atoms with Gasteiger partial charge in [-0.1, -0.05) is 12.1 Å². The number of anilines is 1. The van der Waals surface area contributed by atoms with Gasteiger partial charge in [-0.15, -0.1) is 0 Å². The molecule has 1 heterocycles. The maximum Gasteiger partial charge on any atom is 0.223 e. The molecule has 1 aromatic rings. The molecule has 1 aliphatic heterocycles. The Kier molecular flexibility index (Phi) is 2.26. The summed E-state index contributed by atoms with van der Waals surface area (Å²) in [6.45, 7) is 1.68. The standard InChI is InChI=1S/C10H11NO3S/c1-8(12)11-6-7-15(13,14)10-5-3-2-4-9(10)11/h2-5H,6-7H2,1H3. The lowest BCUT2D eigenvalue weighted by molar-refractivity contribution is -0.116. The van der Waals surface area contributed by atoms with Crippen molar-refractivity contribution in [3.63, 3.8) is 0 Å². The van der Waals surface area contributed by atoms with E-state index >= 15 is 0 Å². The van der Waals surface area contributed by atoms with Crippen molar-refractivity contribution in [1.29, 1.82) is 0 Å². The summed E-state index contributed by atoms with van der Waals surface area (Å²) in [5, 5.41) is 0. The fourth-order valence-electron chi connectivity index (χ4n) is 1.71. The van der Waals surface area contributed by atoms with Gasteiger partial charge in [-0.05, 0) is 12.1 Å². The second kappa shape index (κ2) is 3.34. The van der Waals surface area contributed by atoms with E-state index in [1.165, 1.54) is 11.8 Å². The molecule has 80 valence electrons. The molecule has 15 heavy (non-hydrogen) atoms. The number of para-hydroxylation sites is 1. The van der Waals surface area contributed by atoms with Gasteiger partial charge in [0.1, 0.15) is 0 Å². The van der Waals surface area contributed by atoms with Gasteiger partial charge in [0.05, 0.1) is 16.3 Å². The van der Waals surface area contributed by atoms with Crippen molar-refractivity contribution in [3.05, 3.63) is 24.3 Å². The molecule has 0 N–H and O–H groups in total. The van der Waals surface area contributed by atoms with E-state index in [1.54, 1.807) is 24.3 Å². The molecule has 0 unspecified atom stereocenters. The number of carbonyl (C=O) groups is 1. The quantitative estimate of drug-likeness (QED) is 0.657. The zero-order chi connectivity index (χ0) is 11.1. The minimum absolute atomic E-state index is 0.00356. The fraction of sp³-hybridized carbons (Fsp3) is 0.300. The maximum atomic E-state index is 11.7. The van der Waals surface area contributed by atoms with Crippen LogP contribution in [0.3, 0.4) is 0 Å². The Morgan fingerprint density at radius 3 is 2.67 bits per heavy atom. The second-order valence-electron chi connectivity index (χ2n) is 3.46. The van der Waals surface area contributed by atoms with Gasteiger partial charge < -0.3 is 4.90 Å². The highest BCUT2D eigenvalue weighted by Gasteiger charge is 2.29. The van der Waals surface area contributed by atoms with E-state index in [2.05, 4.69) is 0 Å². The number of nitrogens with zero attached hydrogens (tertiary/aromatic N) is 1. The molecule has 0 aromatic heterocycles. The van der Waals surface area contributed by atoms with Crippen LogP contribution in [-0.4, -0.2) is 26.6 Å². The zero-order valence-electron chi connectivity index (χ0n) is 8.30. The number of sulfone groups is 1. The predicted octanol–water partition coefficient (Wildman–Crippen LogP) is 0.827. The third-order valence-corrected chi connectivity index (χ3v) is 4.19. The van der Waals surface area contributed by atoms with Crippen LogP contribution in [0.4, 0.5) is 5.69 Å². The summed E-state index contributed by atoms with van der Waals surface area (Å²) < 4.78 is 23.4. The van der Waals surface area contributed by atoms with E-state index in [1.807, 2.05) is 0 Å². The lowest BCUT2D eigenvalue weighted by Crippen LogP contribution is -2.38. The Labute approximate surface area is 88.4 Å². The van der Waals surface area contributed by atoms with Crippen LogP contribution in [0.25, 0.3) is 0 Å². The smallest absolute Gasteiger partial charge is 0.223 e. The predicted molar refractivity (Wildman–Crippen MR) is 56.5 cm³/mol. The summed E-state index contributed by atoms with van der Waals surface area (Å²) in [6, 6.07) is 6.60. The number of fused-ring (bicyclic) bond motifs is 1. The number of hydrogen-bond donors (Lipinski definition) is 0. The van der Waals surface area contributed by atoms with E-state index in [0.29, 0.717) is 5.69 Å². The van der Waals surface area contributed by atoms with E-state index in [0.717, 1.165) is 0 Å². The summed E-state index contributed by atoms with van der Waals surface area (Å²) in [4.78, 5) is 13.1. The molecule has 1 aliphatic rings. The zero-order valence-corrected chi connectivity index (χ0v) is 9.12. The molecule has 1 aromatic carbocycles. The Balaban J connectivity index is 2.64. The molecular formula is C10H11NO3S. The van der Waals surface area contributed by atoms with Crippen LogP contribution in [0.2, 0.25) is 0 Å². The minimum atomic E-state index is -3.20. The van der Waals surface area contributed by atoms with Gasteiger partial charge in [-0.3, -0.25) is 4.79 Å². The second-order valence-corrected chi connectivity index (χ2v) is 5.53. The Hall–Kier alpha value is -1.36. The number of carbonyl (C=O) groups excluding carboxylic acids is 1. The van der Waals surface area contributed by atoms with E-state index in [9.17, 15) is 13.2 Å². The van der Waals surface area contributed by atoms with Crippen molar-refractivity contribution in [2.24, 2.45) is 0 Å². The first-order chi connectivity index (χ1) is 7.02. The SMILES string of the molecule is CC(=O)N1CCS(=O)(=O)c2ccccc21. The van der Waals surface area contributed by atoms with Crippen LogP contribution in [0.15, 0.2) is 29.2 Å². The van der Waals surface area contributed by atoms with Crippen LogP contribution in [-0.2, 0) is 14.6 Å². The number of benzene rings is 1. The Bertz CT molecular complexity index is 507. The van der Waals surface area contributed by atoms with Crippen LogP contribution in [0.1, 0.15) is 6.92 Å². The molecule has 0 atom stereocenters. The van der Waals surface area contributed by atoms with Gasteiger partial charge in [0.2, 0.25) is 5.91 Å². The van der Waals surface area contributed by atoms with Crippen molar-refractivity contribution in [2.75, 3.05) is 17.2 Å². The molecule has 0 fully saturated rings. The Morgan fingerprint density at radius 2 is 2.00 bits per heavy atom. The van der Waals surface area contributed by atoms with E-state index in [4.69, 9.17) is 0 Å². The highest BCUT2D eigenvalue weighted by molar-refractivity contribution is 7.91. The summed E-state index contributed by atoms with van der Waals surface area (Å²) in [6.07, 6.45) is 0. The van der Waals surface area contributed by atoms with Crippen LogP contribution in [0.5, 0.6) is 0 Å². The Morgan fingerprint density at radius 1 is 1.33 bits per heavy atom. The van der Waals surface area contributed by atoms with Crippen molar-refractivity contribution in [1.82, 2.24) is 0 Å². The van der Waals surface area contributed by atoms with E-state index < -0.39 is 9.84 Å². The molecule has 0 saturated carbocycles. The molecule has 2 rings (SSSR count).